The van der Waals surface area contributed by atoms with Gasteiger partial charge in [0.2, 0.25) is 0 Å². The van der Waals surface area contributed by atoms with Crippen LogP contribution < -0.4 is 0 Å². The van der Waals surface area contributed by atoms with Crippen molar-refractivity contribution in [3.05, 3.63) is 0 Å². The summed E-state index contributed by atoms with van der Waals surface area (Å²) < 4.78 is 20.3. The molecule has 0 aromatic heterocycles. The monoisotopic (exact) mass is 226 g/mol. The van der Waals surface area contributed by atoms with Gasteiger partial charge in [0, 0.05) is 0 Å². The highest BCUT2D eigenvalue weighted by Crippen LogP contribution is 2.28. The molecule has 0 fully saturated rings. The Hall–Kier alpha value is 0.0700. The maximum atomic E-state index is 11.0. The molecular weight excluding hydrogens is 207 g/mol. The normalized spacial score (nSPS) is 17.7. The standard InChI is InChI=1S/C8H19O5P/c1-3-5-7(9)12-14(11)13-8(10)6-4-2/h7-10,14H,3-6H2,1-2H3. The zero-order valence-corrected chi connectivity index (χ0v) is 9.60. The lowest BCUT2D eigenvalue weighted by Crippen LogP contribution is -2.11. The molecule has 0 aliphatic heterocycles. The third-order valence-corrected chi connectivity index (χ3v) is 2.46. The zero-order chi connectivity index (χ0) is 11.0. The van der Waals surface area contributed by atoms with Crippen molar-refractivity contribution < 1.29 is 23.8 Å². The highest BCUT2D eigenvalue weighted by Gasteiger charge is 2.12. The van der Waals surface area contributed by atoms with Gasteiger partial charge in [-0.05, 0) is 12.8 Å². The predicted molar refractivity (Wildman–Crippen MR) is 53.0 cm³/mol. The average molecular weight is 226 g/mol. The van der Waals surface area contributed by atoms with Crippen LogP contribution in [0.2, 0.25) is 0 Å². The molecule has 0 saturated heterocycles. The molecule has 0 aliphatic carbocycles. The predicted octanol–water partition coefficient (Wildman–Crippen LogP) is 1.65. The summed E-state index contributed by atoms with van der Waals surface area (Å²) in [5.74, 6) is 0. The third-order valence-electron chi connectivity index (χ3n) is 1.54. The van der Waals surface area contributed by atoms with Gasteiger partial charge in [0.15, 0.2) is 12.6 Å². The molecule has 0 spiro atoms. The van der Waals surface area contributed by atoms with Crippen LogP contribution >= 0.6 is 8.25 Å². The van der Waals surface area contributed by atoms with Crippen molar-refractivity contribution >= 4 is 8.25 Å². The van der Waals surface area contributed by atoms with Gasteiger partial charge in [0.1, 0.15) is 0 Å². The largest absolute Gasteiger partial charge is 0.368 e. The van der Waals surface area contributed by atoms with Gasteiger partial charge in [-0.25, -0.2) is 0 Å². The van der Waals surface area contributed by atoms with E-state index in [0.717, 1.165) is 12.8 Å². The third kappa shape index (κ3) is 7.47. The van der Waals surface area contributed by atoms with Crippen LogP contribution in [0, 0.1) is 0 Å². The van der Waals surface area contributed by atoms with Crippen LogP contribution in [0.25, 0.3) is 0 Å². The second-order valence-corrected chi connectivity index (χ2v) is 3.94. The number of hydrogen-bond donors (Lipinski definition) is 2. The zero-order valence-electron chi connectivity index (χ0n) is 8.60. The van der Waals surface area contributed by atoms with E-state index in [4.69, 9.17) is 10.2 Å². The Kier molecular flexibility index (Phi) is 8.43. The molecule has 2 atom stereocenters. The van der Waals surface area contributed by atoms with Gasteiger partial charge in [0.05, 0.1) is 0 Å². The topological polar surface area (TPSA) is 76.0 Å². The summed E-state index contributed by atoms with van der Waals surface area (Å²) in [6, 6.07) is 0. The fraction of sp³-hybridized carbons (Fsp3) is 1.00. The molecule has 2 N–H and O–H groups in total. The molecule has 0 aromatic rings. The fourth-order valence-electron chi connectivity index (χ4n) is 0.862. The van der Waals surface area contributed by atoms with Gasteiger partial charge >= 0.3 is 8.25 Å². The van der Waals surface area contributed by atoms with Crippen molar-refractivity contribution in [3.63, 3.8) is 0 Å². The molecule has 2 unspecified atom stereocenters. The highest BCUT2D eigenvalue weighted by molar-refractivity contribution is 7.33. The summed E-state index contributed by atoms with van der Waals surface area (Å²) in [6.45, 7) is 3.74. The highest BCUT2D eigenvalue weighted by atomic mass is 31.1. The molecule has 0 saturated carbocycles. The van der Waals surface area contributed by atoms with E-state index in [0.29, 0.717) is 12.8 Å². The van der Waals surface area contributed by atoms with Gasteiger partial charge in [0.25, 0.3) is 0 Å². The van der Waals surface area contributed by atoms with E-state index in [1.165, 1.54) is 0 Å². The smallest absolute Gasteiger partial charge is 0.323 e. The summed E-state index contributed by atoms with van der Waals surface area (Å²) in [5, 5.41) is 18.2. The molecule has 0 rings (SSSR count). The van der Waals surface area contributed by atoms with Crippen LogP contribution in [0.15, 0.2) is 0 Å². The molecule has 5 nitrogen and oxygen atoms in total. The number of hydrogen-bond acceptors (Lipinski definition) is 5. The van der Waals surface area contributed by atoms with Gasteiger partial charge < -0.3 is 10.2 Å². The maximum Gasteiger partial charge on any atom is 0.323 e. The molecular formula is C8H19O5P. The summed E-state index contributed by atoms with van der Waals surface area (Å²) in [6.07, 6.45) is 0.134. The lowest BCUT2D eigenvalue weighted by Gasteiger charge is -2.13. The van der Waals surface area contributed by atoms with Gasteiger partial charge in [-0.3, -0.25) is 13.6 Å². The van der Waals surface area contributed by atoms with Crippen LogP contribution in [0.1, 0.15) is 39.5 Å². The summed E-state index contributed by atoms with van der Waals surface area (Å²) >= 11 is 0. The molecule has 0 aromatic carbocycles. The van der Waals surface area contributed by atoms with Crippen molar-refractivity contribution in [3.8, 4) is 0 Å². The fourth-order valence-corrected chi connectivity index (χ4v) is 1.60. The Labute approximate surface area is 85.0 Å². The van der Waals surface area contributed by atoms with E-state index in [1.807, 2.05) is 13.8 Å². The molecule has 0 bridgehead atoms. The Morgan fingerprint density at radius 1 is 1.07 bits per heavy atom. The molecule has 0 amide bonds. The van der Waals surface area contributed by atoms with Crippen LogP contribution in [0.5, 0.6) is 0 Å². The SMILES string of the molecule is CCCC(O)O[PH](=O)OC(O)CCC. The van der Waals surface area contributed by atoms with E-state index in [2.05, 4.69) is 9.05 Å². The van der Waals surface area contributed by atoms with Crippen LogP contribution in [-0.2, 0) is 13.6 Å². The summed E-state index contributed by atoms with van der Waals surface area (Å²) in [4.78, 5) is 0. The quantitative estimate of drug-likeness (QED) is 0.486. The minimum atomic E-state index is -2.78. The summed E-state index contributed by atoms with van der Waals surface area (Å²) in [5.41, 5.74) is 0. The second-order valence-electron chi connectivity index (χ2n) is 2.97. The molecule has 86 valence electrons. The first-order valence-corrected chi connectivity index (χ1v) is 6.06. The lowest BCUT2D eigenvalue weighted by molar-refractivity contribution is -0.0637. The van der Waals surface area contributed by atoms with Crippen LogP contribution in [0.4, 0.5) is 0 Å². The molecule has 6 heteroatoms. The lowest BCUT2D eigenvalue weighted by atomic mass is 10.3. The van der Waals surface area contributed by atoms with Crippen molar-refractivity contribution in [2.75, 3.05) is 0 Å². The minimum Gasteiger partial charge on any atom is -0.368 e. The number of aliphatic hydroxyl groups is 2. The van der Waals surface area contributed by atoms with Crippen LogP contribution in [0.3, 0.4) is 0 Å². The van der Waals surface area contributed by atoms with Crippen molar-refractivity contribution in [1.29, 1.82) is 0 Å². The Morgan fingerprint density at radius 2 is 1.43 bits per heavy atom. The number of aliphatic hydroxyl groups excluding tert-OH is 2. The average Bonchev–Trinajstić information content (AvgIpc) is 2.03. The van der Waals surface area contributed by atoms with E-state index in [1.54, 1.807) is 0 Å². The molecule has 0 radical (unpaired) electrons. The van der Waals surface area contributed by atoms with Crippen molar-refractivity contribution in [2.45, 2.75) is 52.1 Å². The van der Waals surface area contributed by atoms with Crippen LogP contribution in [-0.4, -0.2) is 22.8 Å². The van der Waals surface area contributed by atoms with Gasteiger partial charge in [-0.2, -0.15) is 0 Å². The van der Waals surface area contributed by atoms with Gasteiger partial charge in [-0.1, -0.05) is 26.7 Å². The Balaban J connectivity index is 3.63. The first kappa shape index (κ1) is 14.1. The molecule has 0 heterocycles. The molecule has 14 heavy (non-hydrogen) atoms. The van der Waals surface area contributed by atoms with E-state index < -0.39 is 20.8 Å². The maximum absolute atomic E-state index is 11.0. The van der Waals surface area contributed by atoms with E-state index >= 15 is 0 Å². The van der Waals surface area contributed by atoms with Crippen molar-refractivity contribution in [1.82, 2.24) is 0 Å². The Morgan fingerprint density at radius 3 is 1.71 bits per heavy atom. The second kappa shape index (κ2) is 8.38. The molecule has 0 aliphatic rings. The number of rotatable bonds is 8. The first-order valence-electron chi connectivity index (χ1n) is 4.83. The Bertz CT molecular complexity index is 148. The first-order chi connectivity index (χ1) is 6.60. The van der Waals surface area contributed by atoms with Gasteiger partial charge in [-0.15, -0.1) is 0 Å². The van der Waals surface area contributed by atoms with E-state index in [-0.39, 0.29) is 0 Å². The minimum absolute atomic E-state index is 0.406. The van der Waals surface area contributed by atoms with E-state index in [9.17, 15) is 4.57 Å². The van der Waals surface area contributed by atoms with Crippen molar-refractivity contribution in [2.24, 2.45) is 0 Å². The summed E-state index contributed by atoms with van der Waals surface area (Å²) in [7, 11) is -2.78.